The van der Waals surface area contributed by atoms with Gasteiger partial charge in [0.1, 0.15) is 0 Å². The summed E-state index contributed by atoms with van der Waals surface area (Å²) in [5.41, 5.74) is 6.97. The minimum Gasteiger partial charge on any atom is -0.453 e. The molecule has 0 bridgehead atoms. The number of ether oxygens (including phenoxy) is 3. The van der Waals surface area contributed by atoms with Crippen molar-refractivity contribution in [1.82, 2.24) is 10.2 Å². The van der Waals surface area contributed by atoms with Crippen LogP contribution in [0.5, 0.6) is 0 Å². The van der Waals surface area contributed by atoms with Gasteiger partial charge in [0.25, 0.3) is 5.91 Å². The molecular formula is C39H44N2O6. The SMILES string of the molecule is CC(=O)O[C@@H](C)C(=O)NCc1cccc(-c2cccc([C@@H]3O[C@H](CN(C)Cc4ccccc4)[C@H](C)[C@H](c4ccc(CO)cc4)O3)c2)c1. The average molecular weight is 637 g/mol. The van der Waals surface area contributed by atoms with Crippen molar-refractivity contribution in [3.05, 3.63) is 131 Å². The van der Waals surface area contributed by atoms with E-state index in [2.05, 4.69) is 54.5 Å². The van der Waals surface area contributed by atoms with E-state index in [4.69, 9.17) is 14.2 Å². The van der Waals surface area contributed by atoms with E-state index < -0.39 is 18.4 Å². The van der Waals surface area contributed by atoms with Crippen LogP contribution in [0.15, 0.2) is 103 Å². The third kappa shape index (κ3) is 9.14. The first-order valence-electron chi connectivity index (χ1n) is 16.1. The van der Waals surface area contributed by atoms with Crippen molar-refractivity contribution in [3.63, 3.8) is 0 Å². The van der Waals surface area contributed by atoms with Gasteiger partial charge < -0.3 is 24.6 Å². The van der Waals surface area contributed by atoms with E-state index in [1.165, 1.54) is 12.5 Å². The van der Waals surface area contributed by atoms with Gasteiger partial charge in [-0.3, -0.25) is 14.5 Å². The lowest BCUT2D eigenvalue weighted by Crippen LogP contribution is -2.43. The van der Waals surface area contributed by atoms with E-state index in [0.717, 1.165) is 46.5 Å². The highest BCUT2D eigenvalue weighted by atomic mass is 16.7. The van der Waals surface area contributed by atoms with E-state index in [-0.39, 0.29) is 30.6 Å². The summed E-state index contributed by atoms with van der Waals surface area (Å²) in [6.07, 6.45) is -1.76. The molecule has 0 aliphatic carbocycles. The van der Waals surface area contributed by atoms with Crippen LogP contribution in [0.3, 0.4) is 0 Å². The highest BCUT2D eigenvalue weighted by Crippen LogP contribution is 2.42. The molecule has 0 radical (unpaired) electrons. The molecule has 1 aliphatic heterocycles. The van der Waals surface area contributed by atoms with Crippen molar-refractivity contribution in [2.45, 2.75) is 65.1 Å². The minimum atomic E-state index is -0.857. The number of hydrogen-bond donors (Lipinski definition) is 2. The molecule has 4 aromatic carbocycles. The molecule has 1 aliphatic rings. The molecule has 1 heterocycles. The Labute approximate surface area is 277 Å². The number of amides is 1. The van der Waals surface area contributed by atoms with Crippen LogP contribution in [0.25, 0.3) is 11.1 Å². The zero-order chi connectivity index (χ0) is 33.3. The fourth-order valence-electron chi connectivity index (χ4n) is 5.96. The second kappa shape index (κ2) is 16.0. The van der Waals surface area contributed by atoms with Crippen LogP contribution in [0.4, 0.5) is 0 Å². The maximum atomic E-state index is 12.4. The van der Waals surface area contributed by atoms with Crippen molar-refractivity contribution >= 4 is 11.9 Å². The van der Waals surface area contributed by atoms with Crippen LogP contribution in [0, 0.1) is 5.92 Å². The minimum absolute atomic E-state index is 0.00619. The summed E-state index contributed by atoms with van der Waals surface area (Å²) < 4.78 is 18.4. The summed E-state index contributed by atoms with van der Waals surface area (Å²) >= 11 is 0. The highest BCUT2D eigenvalue weighted by Gasteiger charge is 2.39. The molecule has 47 heavy (non-hydrogen) atoms. The first kappa shape index (κ1) is 34.0. The number of nitrogens with one attached hydrogen (secondary N) is 1. The molecule has 0 saturated carbocycles. The molecule has 5 rings (SSSR count). The fourth-order valence-corrected chi connectivity index (χ4v) is 5.96. The zero-order valence-electron chi connectivity index (χ0n) is 27.5. The molecule has 1 amide bonds. The van der Waals surface area contributed by atoms with E-state index in [9.17, 15) is 14.7 Å². The average Bonchev–Trinajstić information content (AvgIpc) is 3.08. The number of hydrogen-bond acceptors (Lipinski definition) is 7. The molecule has 246 valence electrons. The number of benzene rings is 4. The predicted molar refractivity (Wildman–Crippen MR) is 181 cm³/mol. The summed E-state index contributed by atoms with van der Waals surface area (Å²) in [4.78, 5) is 25.9. The van der Waals surface area contributed by atoms with Crippen LogP contribution in [0.1, 0.15) is 61.0 Å². The topological polar surface area (TPSA) is 97.3 Å². The molecule has 0 unspecified atom stereocenters. The van der Waals surface area contributed by atoms with Crippen LogP contribution >= 0.6 is 0 Å². The summed E-state index contributed by atoms with van der Waals surface area (Å²) in [5.74, 6) is -0.771. The Kier molecular flexibility index (Phi) is 11.6. The lowest BCUT2D eigenvalue weighted by atomic mass is 9.90. The second-order valence-corrected chi connectivity index (χ2v) is 12.3. The molecule has 1 saturated heterocycles. The summed E-state index contributed by atoms with van der Waals surface area (Å²) in [7, 11) is 2.12. The third-order valence-electron chi connectivity index (χ3n) is 8.51. The number of nitrogens with zero attached hydrogens (tertiary/aromatic N) is 1. The molecule has 1 fully saturated rings. The van der Waals surface area contributed by atoms with Crippen LogP contribution in [-0.2, 0) is 43.5 Å². The van der Waals surface area contributed by atoms with E-state index in [1.54, 1.807) is 6.92 Å². The number of aliphatic hydroxyl groups is 1. The second-order valence-electron chi connectivity index (χ2n) is 12.3. The summed E-state index contributed by atoms with van der Waals surface area (Å²) in [5, 5.41) is 12.4. The highest BCUT2D eigenvalue weighted by molar-refractivity contribution is 5.82. The molecule has 2 N–H and O–H groups in total. The quantitative estimate of drug-likeness (QED) is 0.175. The maximum absolute atomic E-state index is 12.4. The molecule has 4 aromatic rings. The molecular weight excluding hydrogens is 592 g/mol. The zero-order valence-corrected chi connectivity index (χ0v) is 27.5. The van der Waals surface area contributed by atoms with Crippen LogP contribution < -0.4 is 5.32 Å². The number of likely N-dealkylation sites (N-methyl/N-ethyl adjacent to an activating group) is 1. The van der Waals surface area contributed by atoms with Crippen LogP contribution in [0.2, 0.25) is 0 Å². The number of aliphatic hydroxyl groups excluding tert-OH is 1. The Morgan fingerprint density at radius 1 is 0.851 bits per heavy atom. The smallest absolute Gasteiger partial charge is 0.303 e. The Bertz CT molecular complexity index is 1630. The van der Waals surface area contributed by atoms with E-state index >= 15 is 0 Å². The van der Waals surface area contributed by atoms with Gasteiger partial charge in [-0.1, -0.05) is 97.9 Å². The first-order valence-corrected chi connectivity index (χ1v) is 16.1. The van der Waals surface area contributed by atoms with E-state index in [1.807, 2.05) is 72.8 Å². The standard InChI is InChI=1S/C39H44N2O6/c1-26-36(24-41(4)23-29-10-6-5-7-11-29)46-39(47-37(26)32-18-16-30(25-42)17-19-32)35-15-9-14-34(21-35)33-13-8-12-31(20-33)22-40-38(44)27(2)45-28(3)43/h5-21,26-27,36-37,39,42H,22-25H2,1-4H3,(H,40,44)/t26-,27-,36+,37+,39+/m0/s1. The fraction of sp³-hybridized carbons (Fsp3) is 0.333. The molecule has 0 spiro atoms. The van der Waals surface area contributed by atoms with Gasteiger partial charge in [0.15, 0.2) is 12.4 Å². The molecule has 8 nitrogen and oxygen atoms in total. The molecule has 8 heteroatoms. The van der Waals surface area contributed by atoms with Gasteiger partial charge >= 0.3 is 5.97 Å². The first-order chi connectivity index (χ1) is 22.7. The Morgan fingerprint density at radius 2 is 1.53 bits per heavy atom. The van der Waals surface area contributed by atoms with Crippen molar-refractivity contribution in [3.8, 4) is 11.1 Å². The van der Waals surface area contributed by atoms with Crippen LogP contribution in [-0.4, -0.2) is 47.7 Å². The molecule has 5 atom stereocenters. The Hall–Kier alpha value is -4.34. The summed E-state index contributed by atoms with van der Waals surface area (Å²) in [6.45, 7) is 6.85. The third-order valence-corrected chi connectivity index (χ3v) is 8.51. The normalized spacial score (nSPS) is 20.0. The number of rotatable bonds is 12. The summed E-state index contributed by atoms with van der Waals surface area (Å²) in [6, 6.07) is 34.5. The number of carbonyl (C=O) groups is 2. The van der Waals surface area contributed by atoms with Gasteiger partial charge in [0.2, 0.25) is 0 Å². The largest absolute Gasteiger partial charge is 0.453 e. The van der Waals surface area contributed by atoms with Gasteiger partial charge in [0, 0.05) is 38.0 Å². The Balaban J connectivity index is 1.36. The number of carbonyl (C=O) groups excluding carboxylic acids is 2. The monoisotopic (exact) mass is 636 g/mol. The number of esters is 1. The van der Waals surface area contributed by atoms with Crippen molar-refractivity contribution < 1.29 is 28.9 Å². The lowest BCUT2D eigenvalue weighted by molar-refractivity contribution is -0.276. The van der Waals surface area contributed by atoms with Gasteiger partial charge in [-0.05, 0) is 59.5 Å². The van der Waals surface area contributed by atoms with E-state index in [0.29, 0.717) is 6.54 Å². The van der Waals surface area contributed by atoms with Crippen molar-refractivity contribution in [2.24, 2.45) is 5.92 Å². The van der Waals surface area contributed by atoms with Crippen molar-refractivity contribution in [1.29, 1.82) is 0 Å². The van der Waals surface area contributed by atoms with Gasteiger partial charge in [-0.25, -0.2) is 0 Å². The lowest BCUT2D eigenvalue weighted by Gasteiger charge is -2.42. The van der Waals surface area contributed by atoms with Gasteiger partial charge in [-0.2, -0.15) is 0 Å². The Morgan fingerprint density at radius 3 is 2.23 bits per heavy atom. The van der Waals surface area contributed by atoms with Crippen molar-refractivity contribution in [2.75, 3.05) is 13.6 Å². The van der Waals surface area contributed by atoms with Gasteiger partial charge in [0.05, 0.1) is 18.8 Å². The molecule has 0 aromatic heterocycles. The maximum Gasteiger partial charge on any atom is 0.303 e. The van der Waals surface area contributed by atoms with Gasteiger partial charge in [-0.15, -0.1) is 0 Å². The predicted octanol–water partition coefficient (Wildman–Crippen LogP) is 6.34.